The number of fused-ring (bicyclic) bond motifs is 2. The van der Waals surface area contributed by atoms with Gasteiger partial charge in [-0.05, 0) is 38.0 Å². The number of aryl methyl sites for hydroxylation is 1. The minimum absolute atomic E-state index is 0.159. The van der Waals surface area contributed by atoms with Crippen LogP contribution in [-0.2, 0) is 0 Å². The number of rotatable bonds is 4. The number of nitrogens with zero attached hydrogens (tertiary/aromatic N) is 2. The molecule has 0 spiro atoms. The number of para-hydroxylation sites is 2. The first-order chi connectivity index (χ1) is 12.6. The summed E-state index contributed by atoms with van der Waals surface area (Å²) in [6.45, 7) is 7.00. The van der Waals surface area contributed by atoms with Gasteiger partial charge in [0.2, 0.25) is 0 Å². The van der Waals surface area contributed by atoms with Gasteiger partial charge in [-0.1, -0.05) is 37.3 Å². The van der Waals surface area contributed by atoms with Crippen molar-refractivity contribution >= 4 is 21.9 Å². The number of aromatic amines is 1. The third kappa shape index (κ3) is 2.47. The number of H-pyrrole nitrogens is 1. The lowest BCUT2D eigenvalue weighted by Crippen LogP contribution is -2.17. The predicted octanol–water partition coefficient (Wildman–Crippen LogP) is 4.12. The van der Waals surface area contributed by atoms with E-state index in [0.29, 0.717) is 5.69 Å². The molecule has 0 fully saturated rings. The average Bonchev–Trinajstić information content (AvgIpc) is 2.92. The number of nitrogens with one attached hydrogen (secondary N) is 2. The van der Waals surface area contributed by atoms with E-state index in [0.717, 1.165) is 51.7 Å². The molecule has 0 aliphatic rings. The molecule has 0 amide bonds. The van der Waals surface area contributed by atoms with Crippen molar-refractivity contribution in [2.24, 2.45) is 0 Å². The van der Waals surface area contributed by atoms with E-state index in [1.807, 2.05) is 50.2 Å². The van der Waals surface area contributed by atoms with E-state index in [-0.39, 0.29) is 5.56 Å². The van der Waals surface area contributed by atoms with E-state index in [1.165, 1.54) is 0 Å². The van der Waals surface area contributed by atoms with Crippen LogP contribution < -0.4 is 11.0 Å². The van der Waals surface area contributed by atoms with Gasteiger partial charge in [-0.15, -0.1) is 0 Å². The van der Waals surface area contributed by atoms with Crippen LogP contribution in [0.4, 0.5) is 0 Å². The van der Waals surface area contributed by atoms with Gasteiger partial charge in [-0.2, -0.15) is 0 Å². The SMILES string of the molecule is CCCNn1c(C)c(-c2nc3cccc(C)c3[nH]c2=O)c2ccccc21. The maximum Gasteiger partial charge on any atom is 0.275 e. The summed E-state index contributed by atoms with van der Waals surface area (Å²) in [5.41, 5.74) is 9.29. The molecule has 0 saturated heterocycles. The zero-order valence-electron chi connectivity index (χ0n) is 15.3. The highest BCUT2D eigenvalue weighted by molar-refractivity contribution is 5.98. The second-order valence-electron chi connectivity index (χ2n) is 6.60. The smallest absolute Gasteiger partial charge is 0.275 e. The molecule has 0 bridgehead atoms. The molecule has 0 aliphatic carbocycles. The van der Waals surface area contributed by atoms with Crippen LogP contribution in [-0.4, -0.2) is 21.2 Å². The largest absolute Gasteiger partial charge is 0.326 e. The van der Waals surface area contributed by atoms with E-state index >= 15 is 0 Å². The molecule has 0 atom stereocenters. The Labute approximate surface area is 151 Å². The summed E-state index contributed by atoms with van der Waals surface area (Å²) in [5, 5.41) is 1.03. The van der Waals surface area contributed by atoms with Crippen LogP contribution in [0.2, 0.25) is 0 Å². The predicted molar refractivity (Wildman–Crippen MR) is 107 cm³/mol. The van der Waals surface area contributed by atoms with Crippen molar-refractivity contribution in [1.82, 2.24) is 14.6 Å². The average molecular weight is 346 g/mol. The number of hydrogen-bond donors (Lipinski definition) is 2. The molecular weight excluding hydrogens is 324 g/mol. The van der Waals surface area contributed by atoms with Crippen molar-refractivity contribution in [3.05, 3.63) is 64.1 Å². The molecule has 0 radical (unpaired) electrons. The Morgan fingerprint density at radius 3 is 2.73 bits per heavy atom. The topological polar surface area (TPSA) is 62.7 Å². The molecule has 132 valence electrons. The van der Waals surface area contributed by atoms with Gasteiger partial charge in [0.1, 0.15) is 5.69 Å². The van der Waals surface area contributed by atoms with Crippen molar-refractivity contribution in [3.8, 4) is 11.3 Å². The summed E-state index contributed by atoms with van der Waals surface area (Å²) in [5.74, 6) is 0. The molecule has 5 nitrogen and oxygen atoms in total. The number of aromatic nitrogens is 3. The molecule has 26 heavy (non-hydrogen) atoms. The van der Waals surface area contributed by atoms with Crippen LogP contribution in [0.15, 0.2) is 47.3 Å². The van der Waals surface area contributed by atoms with Gasteiger partial charge >= 0.3 is 0 Å². The zero-order valence-corrected chi connectivity index (χ0v) is 15.3. The zero-order chi connectivity index (χ0) is 18.3. The summed E-state index contributed by atoms with van der Waals surface area (Å²) < 4.78 is 2.07. The molecule has 0 aliphatic heterocycles. The number of hydrogen-bond acceptors (Lipinski definition) is 3. The number of benzene rings is 2. The maximum absolute atomic E-state index is 12.9. The standard InChI is InChI=1S/C21H22N4O/c1-4-12-22-25-14(3)18(15-9-5-6-11-17(15)25)20-21(26)24-19-13(2)8-7-10-16(19)23-20/h5-11,22H,4,12H2,1-3H3,(H,24,26). The Morgan fingerprint density at radius 2 is 1.92 bits per heavy atom. The van der Waals surface area contributed by atoms with Crippen LogP contribution >= 0.6 is 0 Å². The first kappa shape index (κ1) is 16.4. The van der Waals surface area contributed by atoms with Crippen molar-refractivity contribution in [3.63, 3.8) is 0 Å². The van der Waals surface area contributed by atoms with E-state index in [9.17, 15) is 4.79 Å². The Bertz CT molecular complexity index is 1170. The summed E-state index contributed by atoms with van der Waals surface area (Å²) >= 11 is 0. The highest BCUT2D eigenvalue weighted by Crippen LogP contribution is 2.32. The van der Waals surface area contributed by atoms with Gasteiger partial charge in [0, 0.05) is 23.2 Å². The van der Waals surface area contributed by atoms with Crippen LogP contribution in [0.25, 0.3) is 33.2 Å². The Hall–Kier alpha value is -3.08. The minimum atomic E-state index is -0.159. The molecule has 0 unspecified atom stereocenters. The van der Waals surface area contributed by atoms with E-state index in [1.54, 1.807) is 0 Å². The lowest BCUT2D eigenvalue weighted by Gasteiger charge is -2.11. The molecule has 2 heterocycles. The third-order valence-electron chi connectivity index (χ3n) is 4.80. The van der Waals surface area contributed by atoms with Gasteiger partial charge in [-0.25, -0.2) is 4.98 Å². The third-order valence-corrected chi connectivity index (χ3v) is 4.80. The summed E-state index contributed by atoms with van der Waals surface area (Å²) in [6, 6.07) is 14.0. The van der Waals surface area contributed by atoms with Crippen LogP contribution in [0.1, 0.15) is 24.6 Å². The first-order valence-corrected chi connectivity index (χ1v) is 8.95. The molecule has 2 N–H and O–H groups in total. The lowest BCUT2D eigenvalue weighted by molar-refractivity contribution is 0.812. The molecule has 5 heteroatoms. The normalized spacial score (nSPS) is 11.3. The quantitative estimate of drug-likeness (QED) is 0.584. The van der Waals surface area contributed by atoms with Crippen molar-refractivity contribution in [2.45, 2.75) is 27.2 Å². The molecule has 2 aromatic heterocycles. The fraction of sp³-hybridized carbons (Fsp3) is 0.238. The van der Waals surface area contributed by atoms with Crippen LogP contribution in [0, 0.1) is 13.8 Å². The minimum Gasteiger partial charge on any atom is -0.326 e. The Morgan fingerprint density at radius 1 is 1.12 bits per heavy atom. The van der Waals surface area contributed by atoms with E-state index < -0.39 is 0 Å². The molecule has 4 rings (SSSR count). The molecule has 2 aromatic carbocycles. The van der Waals surface area contributed by atoms with E-state index in [4.69, 9.17) is 4.98 Å². The van der Waals surface area contributed by atoms with Crippen molar-refractivity contribution < 1.29 is 0 Å². The fourth-order valence-electron chi connectivity index (χ4n) is 3.52. The first-order valence-electron chi connectivity index (χ1n) is 8.95. The summed E-state index contributed by atoms with van der Waals surface area (Å²) in [7, 11) is 0. The fourth-order valence-corrected chi connectivity index (χ4v) is 3.52. The van der Waals surface area contributed by atoms with Crippen molar-refractivity contribution in [1.29, 1.82) is 0 Å². The lowest BCUT2D eigenvalue weighted by atomic mass is 10.1. The molecular formula is C21H22N4O. The van der Waals surface area contributed by atoms with Gasteiger partial charge in [0.25, 0.3) is 5.56 Å². The second kappa shape index (κ2) is 6.33. The van der Waals surface area contributed by atoms with E-state index in [2.05, 4.69) is 28.1 Å². The Kier molecular flexibility index (Phi) is 3.99. The van der Waals surface area contributed by atoms with Gasteiger partial charge in [0.15, 0.2) is 0 Å². The highest BCUT2D eigenvalue weighted by atomic mass is 16.1. The highest BCUT2D eigenvalue weighted by Gasteiger charge is 2.19. The second-order valence-corrected chi connectivity index (χ2v) is 6.60. The Balaban J connectivity index is 2.03. The monoisotopic (exact) mass is 346 g/mol. The molecule has 0 saturated carbocycles. The van der Waals surface area contributed by atoms with Crippen LogP contribution in [0.3, 0.4) is 0 Å². The van der Waals surface area contributed by atoms with Crippen molar-refractivity contribution in [2.75, 3.05) is 12.0 Å². The maximum atomic E-state index is 12.9. The van der Waals surface area contributed by atoms with Gasteiger partial charge < -0.3 is 10.4 Å². The van der Waals surface area contributed by atoms with Gasteiger partial charge in [0.05, 0.1) is 16.6 Å². The van der Waals surface area contributed by atoms with Crippen LogP contribution in [0.5, 0.6) is 0 Å². The summed E-state index contributed by atoms with van der Waals surface area (Å²) in [4.78, 5) is 20.6. The summed E-state index contributed by atoms with van der Waals surface area (Å²) in [6.07, 6.45) is 1.02. The van der Waals surface area contributed by atoms with Gasteiger partial charge in [-0.3, -0.25) is 9.47 Å². The molecule has 4 aromatic rings.